The van der Waals surface area contributed by atoms with Crippen molar-refractivity contribution in [2.24, 2.45) is 0 Å². The van der Waals surface area contributed by atoms with Crippen molar-refractivity contribution in [1.29, 1.82) is 0 Å². The first-order chi connectivity index (χ1) is 16.2. The summed E-state index contributed by atoms with van der Waals surface area (Å²) in [5.74, 6) is 0. The van der Waals surface area contributed by atoms with Crippen molar-refractivity contribution in [3.63, 3.8) is 0 Å². The molecule has 2 aromatic heterocycles. The number of hydrogen-bond donors (Lipinski definition) is 1. The molecule has 5 aromatic rings. The number of fused-ring (bicyclic) bond motifs is 3. The molecule has 0 aliphatic carbocycles. The van der Waals surface area contributed by atoms with Gasteiger partial charge in [0.25, 0.3) is 5.56 Å². The number of pyridine rings is 2. The second-order valence-electron chi connectivity index (χ2n) is 8.27. The van der Waals surface area contributed by atoms with Crippen LogP contribution in [-0.4, -0.2) is 9.55 Å². The van der Waals surface area contributed by atoms with E-state index in [0.717, 1.165) is 29.1 Å². The minimum atomic E-state index is -4.52. The van der Waals surface area contributed by atoms with Crippen LogP contribution in [0.3, 0.4) is 0 Å². The Balaban J connectivity index is 1.73. The molecule has 0 fully saturated rings. The van der Waals surface area contributed by atoms with Gasteiger partial charge in [-0.1, -0.05) is 12.1 Å². The van der Waals surface area contributed by atoms with Crippen LogP contribution >= 0.6 is 0 Å². The van der Waals surface area contributed by atoms with Gasteiger partial charge >= 0.3 is 6.18 Å². The number of rotatable bonds is 3. The normalized spacial score (nSPS) is 11.8. The van der Waals surface area contributed by atoms with E-state index in [-0.39, 0.29) is 5.69 Å². The molecule has 34 heavy (non-hydrogen) atoms. The van der Waals surface area contributed by atoms with Crippen LogP contribution in [-0.2, 0) is 6.18 Å². The number of aromatic nitrogens is 2. The molecule has 1 N–H and O–H groups in total. The van der Waals surface area contributed by atoms with Crippen LogP contribution in [0, 0.1) is 13.8 Å². The molecule has 0 aliphatic rings. The molecule has 0 saturated heterocycles. The highest BCUT2D eigenvalue weighted by Gasteiger charge is 2.30. The van der Waals surface area contributed by atoms with Gasteiger partial charge < -0.3 is 5.32 Å². The first kappa shape index (κ1) is 21.7. The van der Waals surface area contributed by atoms with E-state index < -0.39 is 17.3 Å². The molecule has 2 heterocycles. The van der Waals surface area contributed by atoms with Crippen molar-refractivity contribution in [2.75, 3.05) is 5.32 Å². The van der Waals surface area contributed by atoms with Gasteiger partial charge in [0.1, 0.15) is 0 Å². The third-order valence-electron chi connectivity index (χ3n) is 5.94. The molecule has 0 bridgehead atoms. The summed E-state index contributed by atoms with van der Waals surface area (Å²) in [7, 11) is 0. The van der Waals surface area contributed by atoms with Crippen molar-refractivity contribution in [3.05, 3.63) is 106 Å². The molecule has 0 aliphatic heterocycles. The Labute approximate surface area is 193 Å². The lowest BCUT2D eigenvalue weighted by atomic mass is 10.1. The van der Waals surface area contributed by atoms with E-state index in [4.69, 9.17) is 0 Å². The van der Waals surface area contributed by atoms with Crippen LogP contribution in [0.1, 0.15) is 16.7 Å². The van der Waals surface area contributed by atoms with Crippen molar-refractivity contribution >= 4 is 33.2 Å². The molecular formula is C27H20F3N3O. The van der Waals surface area contributed by atoms with Gasteiger partial charge in [0, 0.05) is 40.1 Å². The highest BCUT2D eigenvalue weighted by Crippen LogP contribution is 2.32. The average molecular weight is 459 g/mol. The maximum Gasteiger partial charge on any atom is 0.416 e. The van der Waals surface area contributed by atoms with Crippen LogP contribution in [0.5, 0.6) is 0 Å². The van der Waals surface area contributed by atoms with Crippen LogP contribution in [0.15, 0.2) is 83.8 Å². The molecule has 0 unspecified atom stereocenters. The van der Waals surface area contributed by atoms with Gasteiger partial charge in [-0.2, -0.15) is 13.2 Å². The number of alkyl halides is 3. The third-order valence-corrected chi connectivity index (χ3v) is 5.94. The quantitative estimate of drug-likeness (QED) is 0.298. The van der Waals surface area contributed by atoms with Gasteiger partial charge in [0.2, 0.25) is 0 Å². The van der Waals surface area contributed by atoms with Gasteiger partial charge in [0.05, 0.1) is 16.6 Å². The van der Waals surface area contributed by atoms with Crippen molar-refractivity contribution in [2.45, 2.75) is 20.0 Å². The molecule has 0 spiro atoms. The van der Waals surface area contributed by atoms with Gasteiger partial charge in [-0.05, 0) is 79.6 Å². The number of hydrogen-bond acceptors (Lipinski definition) is 3. The van der Waals surface area contributed by atoms with Crippen molar-refractivity contribution in [3.8, 4) is 5.69 Å². The number of anilines is 2. The summed E-state index contributed by atoms with van der Waals surface area (Å²) in [6, 6.07) is 19.4. The zero-order valence-corrected chi connectivity index (χ0v) is 18.4. The standard InChI is InChI=1S/C27H20F3N3O/c1-16-6-8-20(12-17(16)2)32-21-9-10-24-23(14-21)26-18(15-31-24)7-11-25(34)33(26)22-5-3-4-19(13-22)27(28,29)30/h3-15,32H,1-2H3. The summed E-state index contributed by atoms with van der Waals surface area (Å²) >= 11 is 0. The summed E-state index contributed by atoms with van der Waals surface area (Å²) in [5.41, 5.74) is 4.05. The molecule has 0 saturated carbocycles. The predicted octanol–water partition coefficient (Wildman–Crippen LogP) is 6.92. The fourth-order valence-corrected chi connectivity index (χ4v) is 4.05. The van der Waals surface area contributed by atoms with Crippen LogP contribution in [0.25, 0.3) is 27.5 Å². The Morgan fingerprint density at radius 3 is 2.38 bits per heavy atom. The molecule has 4 nitrogen and oxygen atoms in total. The molecule has 0 atom stereocenters. The Bertz CT molecular complexity index is 1620. The van der Waals surface area contributed by atoms with Crippen molar-refractivity contribution in [1.82, 2.24) is 9.55 Å². The minimum Gasteiger partial charge on any atom is -0.355 e. The van der Waals surface area contributed by atoms with E-state index in [9.17, 15) is 18.0 Å². The van der Waals surface area contributed by atoms with Crippen LogP contribution < -0.4 is 10.9 Å². The molecule has 0 radical (unpaired) electrons. The maximum atomic E-state index is 13.4. The number of nitrogens with one attached hydrogen (secondary N) is 1. The van der Waals surface area contributed by atoms with E-state index in [0.29, 0.717) is 21.8 Å². The second-order valence-corrected chi connectivity index (χ2v) is 8.27. The zero-order chi connectivity index (χ0) is 24.0. The first-order valence-corrected chi connectivity index (χ1v) is 10.7. The molecule has 170 valence electrons. The molecule has 7 heteroatoms. The third kappa shape index (κ3) is 3.90. The van der Waals surface area contributed by atoms with Crippen LogP contribution in [0.2, 0.25) is 0 Å². The lowest BCUT2D eigenvalue weighted by Gasteiger charge is -2.15. The fourth-order valence-electron chi connectivity index (χ4n) is 4.05. The highest BCUT2D eigenvalue weighted by atomic mass is 19.4. The summed E-state index contributed by atoms with van der Waals surface area (Å²) < 4.78 is 41.4. The summed E-state index contributed by atoms with van der Waals surface area (Å²) in [6.07, 6.45) is -2.89. The number of aryl methyl sites for hydroxylation is 2. The minimum absolute atomic E-state index is 0.144. The van der Waals surface area contributed by atoms with E-state index in [1.165, 1.54) is 28.3 Å². The van der Waals surface area contributed by atoms with Gasteiger partial charge in [-0.3, -0.25) is 14.3 Å². The Morgan fingerprint density at radius 1 is 0.853 bits per heavy atom. The lowest BCUT2D eigenvalue weighted by Crippen LogP contribution is -2.18. The van der Waals surface area contributed by atoms with E-state index in [1.54, 1.807) is 12.3 Å². The average Bonchev–Trinajstić information content (AvgIpc) is 2.81. The van der Waals surface area contributed by atoms with E-state index in [1.807, 2.05) is 50.2 Å². The van der Waals surface area contributed by atoms with Crippen LogP contribution in [0.4, 0.5) is 24.5 Å². The second kappa shape index (κ2) is 8.02. The molecule has 3 aromatic carbocycles. The predicted molar refractivity (Wildman–Crippen MR) is 129 cm³/mol. The Morgan fingerprint density at radius 2 is 1.62 bits per heavy atom. The maximum absolute atomic E-state index is 13.4. The van der Waals surface area contributed by atoms with Gasteiger partial charge in [-0.15, -0.1) is 0 Å². The monoisotopic (exact) mass is 459 g/mol. The molecule has 5 rings (SSSR count). The largest absolute Gasteiger partial charge is 0.416 e. The zero-order valence-electron chi connectivity index (χ0n) is 18.4. The topological polar surface area (TPSA) is 46.9 Å². The van der Waals surface area contributed by atoms with Crippen molar-refractivity contribution < 1.29 is 13.2 Å². The smallest absolute Gasteiger partial charge is 0.355 e. The van der Waals surface area contributed by atoms with E-state index in [2.05, 4.69) is 10.3 Å². The number of benzene rings is 3. The molecular weight excluding hydrogens is 439 g/mol. The van der Waals surface area contributed by atoms with E-state index >= 15 is 0 Å². The highest BCUT2D eigenvalue weighted by molar-refractivity contribution is 6.05. The Kier molecular flexibility index (Phi) is 5.12. The molecule has 0 amide bonds. The summed E-state index contributed by atoms with van der Waals surface area (Å²) in [4.78, 5) is 17.4. The number of nitrogens with zero attached hydrogens (tertiary/aromatic N) is 2. The summed E-state index contributed by atoms with van der Waals surface area (Å²) in [6.45, 7) is 4.08. The lowest BCUT2D eigenvalue weighted by molar-refractivity contribution is -0.137. The summed E-state index contributed by atoms with van der Waals surface area (Å²) in [5, 5.41) is 4.67. The first-order valence-electron chi connectivity index (χ1n) is 10.7. The SMILES string of the molecule is Cc1ccc(Nc2ccc3ncc4ccc(=O)n(-c5cccc(C(F)(F)F)c5)c4c3c2)cc1C. The number of halogens is 3. The van der Waals surface area contributed by atoms with Gasteiger partial charge in [0.15, 0.2) is 0 Å². The van der Waals surface area contributed by atoms with Gasteiger partial charge in [-0.25, -0.2) is 0 Å². The fraction of sp³-hybridized carbons (Fsp3) is 0.111. The Hall–Kier alpha value is -4.13.